The van der Waals surface area contributed by atoms with Gasteiger partial charge in [0.1, 0.15) is 5.41 Å². The molecule has 0 aliphatic heterocycles. The van der Waals surface area contributed by atoms with Gasteiger partial charge in [-0.3, -0.25) is 14.5 Å². The van der Waals surface area contributed by atoms with Gasteiger partial charge in [-0.05, 0) is 39.7 Å². The number of rotatable bonds is 6. The minimum absolute atomic E-state index is 0.257. The normalized spacial score (nSPS) is 23.3. The van der Waals surface area contributed by atoms with Gasteiger partial charge in [-0.1, -0.05) is 6.42 Å². The summed E-state index contributed by atoms with van der Waals surface area (Å²) < 4.78 is 0. The number of carbonyl (C=O) groups is 2. The molecule has 1 atom stereocenters. The lowest BCUT2D eigenvalue weighted by molar-refractivity contribution is -0.162. The fourth-order valence-corrected chi connectivity index (χ4v) is 2.46. The van der Waals surface area contributed by atoms with Crippen LogP contribution in [0.15, 0.2) is 0 Å². The van der Waals surface area contributed by atoms with Gasteiger partial charge in [-0.15, -0.1) is 0 Å². The van der Waals surface area contributed by atoms with Crippen LogP contribution >= 0.6 is 0 Å². The van der Waals surface area contributed by atoms with Gasteiger partial charge in [0.05, 0.1) is 0 Å². The first kappa shape index (κ1) is 13.3. The maximum absolute atomic E-state index is 12.0. The Labute approximate surface area is 108 Å². The SMILES string of the molecule is CC(CNC(=O)C1(C(=O)O)CCC1)N(C)C1CC1. The average Bonchev–Trinajstić information content (AvgIpc) is 3.06. The van der Waals surface area contributed by atoms with E-state index in [1.807, 2.05) is 0 Å². The highest BCUT2D eigenvalue weighted by molar-refractivity contribution is 6.02. The first-order chi connectivity index (χ1) is 8.47. The van der Waals surface area contributed by atoms with Crippen LogP contribution in [0.25, 0.3) is 0 Å². The molecule has 0 bridgehead atoms. The number of carboxylic acid groups (broad SMARTS) is 1. The third-order valence-electron chi connectivity index (χ3n) is 4.43. The van der Waals surface area contributed by atoms with E-state index >= 15 is 0 Å². The van der Waals surface area contributed by atoms with Crippen LogP contribution in [-0.2, 0) is 9.59 Å². The molecule has 2 rings (SSSR count). The summed E-state index contributed by atoms with van der Waals surface area (Å²) in [5.41, 5.74) is -1.14. The van der Waals surface area contributed by atoms with Crippen molar-refractivity contribution in [2.45, 2.75) is 51.1 Å². The molecule has 0 spiro atoms. The van der Waals surface area contributed by atoms with Crippen molar-refractivity contribution >= 4 is 11.9 Å². The van der Waals surface area contributed by atoms with E-state index in [0.29, 0.717) is 25.4 Å². The molecule has 2 fully saturated rings. The van der Waals surface area contributed by atoms with E-state index in [0.717, 1.165) is 6.42 Å². The van der Waals surface area contributed by atoms with E-state index < -0.39 is 11.4 Å². The number of hydrogen-bond acceptors (Lipinski definition) is 3. The Balaban J connectivity index is 1.82. The summed E-state index contributed by atoms with van der Waals surface area (Å²) >= 11 is 0. The number of carboxylic acids is 1. The Morgan fingerprint density at radius 3 is 2.44 bits per heavy atom. The monoisotopic (exact) mass is 254 g/mol. The summed E-state index contributed by atoms with van der Waals surface area (Å²) in [6.45, 7) is 2.59. The molecule has 2 aliphatic carbocycles. The van der Waals surface area contributed by atoms with Crippen molar-refractivity contribution in [3.05, 3.63) is 0 Å². The van der Waals surface area contributed by atoms with Gasteiger partial charge >= 0.3 is 5.97 Å². The smallest absolute Gasteiger partial charge is 0.319 e. The lowest BCUT2D eigenvalue weighted by Crippen LogP contribution is -2.53. The second kappa shape index (κ2) is 4.88. The quantitative estimate of drug-likeness (QED) is 0.689. The largest absolute Gasteiger partial charge is 0.480 e. The molecule has 0 aromatic heterocycles. The van der Waals surface area contributed by atoms with E-state index in [1.54, 1.807) is 0 Å². The van der Waals surface area contributed by atoms with E-state index in [-0.39, 0.29) is 11.9 Å². The molecule has 5 nitrogen and oxygen atoms in total. The molecule has 0 aromatic carbocycles. The van der Waals surface area contributed by atoms with E-state index in [9.17, 15) is 9.59 Å². The lowest BCUT2D eigenvalue weighted by Gasteiger charge is -2.36. The number of hydrogen-bond donors (Lipinski definition) is 2. The highest BCUT2D eigenvalue weighted by Gasteiger charge is 2.51. The van der Waals surface area contributed by atoms with E-state index in [1.165, 1.54) is 12.8 Å². The van der Waals surface area contributed by atoms with Gasteiger partial charge < -0.3 is 10.4 Å². The fraction of sp³-hybridized carbons (Fsp3) is 0.846. The molecule has 0 heterocycles. The number of likely N-dealkylation sites (N-methyl/N-ethyl adjacent to an activating group) is 1. The maximum atomic E-state index is 12.0. The molecule has 2 N–H and O–H groups in total. The Hall–Kier alpha value is -1.10. The standard InChI is InChI=1S/C13H22N2O3/c1-9(15(2)10-4-5-10)8-14-11(16)13(12(17)18)6-3-7-13/h9-10H,3-8H2,1-2H3,(H,14,16)(H,17,18). The number of nitrogens with one attached hydrogen (secondary N) is 1. The highest BCUT2D eigenvalue weighted by atomic mass is 16.4. The van der Waals surface area contributed by atoms with Crippen LogP contribution in [0.3, 0.4) is 0 Å². The Morgan fingerprint density at radius 2 is 2.06 bits per heavy atom. The predicted octanol–water partition coefficient (Wildman–Crippen LogP) is 0.840. The second-order valence-corrected chi connectivity index (χ2v) is 5.70. The summed E-state index contributed by atoms with van der Waals surface area (Å²) in [5.74, 6) is -1.29. The van der Waals surface area contributed by atoms with Crippen LogP contribution in [0.2, 0.25) is 0 Å². The van der Waals surface area contributed by atoms with Crippen LogP contribution in [0.5, 0.6) is 0 Å². The van der Waals surface area contributed by atoms with Crippen LogP contribution in [0.4, 0.5) is 0 Å². The molecule has 1 amide bonds. The third-order valence-corrected chi connectivity index (χ3v) is 4.43. The van der Waals surface area contributed by atoms with Gasteiger partial charge in [0.25, 0.3) is 0 Å². The molecular weight excluding hydrogens is 232 g/mol. The van der Waals surface area contributed by atoms with Gasteiger partial charge in [0, 0.05) is 18.6 Å². The van der Waals surface area contributed by atoms with Crippen LogP contribution < -0.4 is 5.32 Å². The Morgan fingerprint density at radius 1 is 1.44 bits per heavy atom. The summed E-state index contributed by atoms with van der Waals surface area (Å²) in [4.78, 5) is 25.4. The first-order valence-electron chi connectivity index (χ1n) is 6.71. The summed E-state index contributed by atoms with van der Waals surface area (Å²) in [7, 11) is 2.06. The molecule has 5 heteroatoms. The number of nitrogens with zero attached hydrogens (tertiary/aromatic N) is 1. The van der Waals surface area contributed by atoms with Gasteiger partial charge in [-0.2, -0.15) is 0 Å². The zero-order chi connectivity index (χ0) is 13.3. The summed E-state index contributed by atoms with van der Waals surface area (Å²) in [6, 6.07) is 0.904. The predicted molar refractivity (Wildman–Crippen MR) is 67.2 cm³/mol. The Bertz CT molecular complexity index is 348. The molecular formula is C13H22N2O3. The van der Waals surface area contributed by atoms with Crippen LogP contribution in [-0.4, -0.2) is 47.6 Å². The summed E-state index contributed by atoms with van der Waals surface area (Å²) in [6.07, 6.45) is 4.24. The topological polar surface area (TPSA) is 69.6 Å². The zero-order valence-corrected chi connectivity index (χ0v) is 11.1. The molecule has 1 unspecified atom stereocenters. The van der Waals surface area contributed by atoms with Crippen LogP contribution in [0.1, 0.15) is 39.0 Å². The molecule has 0 saturated heterocycles. The molecule has 0 radical (unpaired) electrons. The highest BCUT2D eigenvalue weighted by Crippen LogP contribution is 2.41. The van der Waals surface area contributed by atoms with Crippen molar-refractivity contribution in [2.24, 2.45) is 5.41 Å². The van der Waals surface area contributed by atoms with Gasteiger partial charge in [-0.25, -0.2) is 0 Å². The number of carbonyl (C=O) groups excluding carboxylic acids is 1. The minimum atomic E-state index is -1.14. The third kappa shape index (κ3) is 2.36. The first-order valence-corrected chi connectivity index (χ1v) is 6.71. The van der Waals surface area contributed by atoms with Gasteiger partial charge in [0.2, 0.25) is 5.91 Å². The second-order valence-electron chi connectivity index (χ2n) is 5.70. The van der Waals surface area contributed by atoms with Crippen molar-refractivity contribution in [2.75, 3.05) is 13.6 Å². The molecule has 2 saturated carbocycles. The van der Waals surface area contributed by atoms with Crippen molar-refractivity contribution in [1.82, 2.24) is 10.2 Å². The van der Waals surface area contributed by atoms with E-state index in [4.69, 9.17) is 5.11 Å². The molecule has 18 heavy (non-hydrogen) atoms. The van der Waals surface area contributed by atoms with Crippen molar-refractivity contribution in [1.29, 1.82) is 0 Å². The number of amides is 1. The fourth-order valence-electron chi connectivity index (χ4n) is 2.46. The van der Waals surface area contributed by atoms with Crippen molar-refractivity contribution < 1.29 is 14.7 Å². The minimum Gasteiger partial charge on any atom is -0.480 e. The van der Waals surface area contributed by atoms with Crippen molar-refractivity contribution in [3.63, 3.8) is 0 Å². The van der Waals surface area contributed by atoms with Gasteiger partial charge in [0.15, 0.2) is 0 Å². The zero-order valence-electron chi connectivity index (χ0n) is 11.1. The average molecular weight is 254 g/mol. The maximum Gasteiger partial charge on any atom is 0.319 e. The van der Waals surface area contributed by atoms with E-state index in [2.05, 4.69) is 24.2 Å². The Kier molecular flexibility index (Phi) is 3.61. The van der Waals surface area contributed by atoms with Crippen molar-refractivity contribution in [3.8, 4) is 0 Å². The number of aliphatic carboxylic acids is 1. The molecule has 0 aromatic rings. The lowest BCUT2D eigenvalue weighted by atomic mass is 9.68. The molecule has 2 aliphatic rings. The summed E-state index contributed by atoms with van der Waals surface area (Å²) in [5, 5.41) is 12.0. The molecule has 102 valence electrons. The van der Waals surface area contributed by atoms with Crippen LogP contribution in [0, 0.1) is 5.41 Å².